The second kappa shape index (κ2) is 8.45. The number of piperidine rings is 1. The molecule has 1 saturated heterocycles. The summed E-state index contributed by atoms with van der Waals surface area (Å²) in [6.45, 7) is 2.84. The fraction of sp³-hybridized carbons (Fsp3) is 0.269. The van der Waals surface area contributed by atoms with Crippen molar-refractivity contribution in [1.82, 2.24) is 4.90 Å². The number of furan rings is 1. The molecule has 6 heteroatoms. The van der Waals surface area contributed by atoms with E-state index in [-0.39, 0.29) is 6.04 Å². The minimum absolute atomic E-state index is 0.168. The summed E-state index contributed by atoms with van der Waals surface area (Å²) in [7, 11) is 0. The van der Waals surface area contributed by atoms with E-state index in [1.54, 1.807) is 24.3 Å². The van der Waals surface area contributed by atoms with E-state index >= 15 is 0 Å². The van der Waals surface area contributed by atoms with Crippen molar-refractivity contribution in [1.29, 1.82) is 5.26 Å². The molecule has 0 bridgehead atoms. The lowest BCUT2D eigenvalue weighted by Crippen LogP contribution is -2.43. The largest absolute Gasteiger partial charge is 0.464 e. The van der Waals surface area contributed by atoms with Gasteiger partial charge < -0.3 is 14.6 Å². The van der Waals surface area contributed by atoms with Crippen molar-refractivity contribution >= 4 is 16.7 Å². The molecule has 1 fully saturated rings. The highest BCUT2D eigenvalue weighted by Gasteiger charge is 2.26. The zero-order chi connectivity index (χ0) is 22.1. The van der Waals surface area contributed by atoms with E-state index < -0.39 is 10.9 Å². The van der Waals surface area contributed by atoms with Crippen LogP contribution in [0.1, 0.15) is 24.0 Å². The minimum Gasteiger partial charge on any atom is -0.464 e. The molecule has 0 atom stereocenters. The lowest BCUT2D eigenvalue weighted by molar-refractivity contribution is 0.221. The molecule has 1 N–H and O–H groups in total. The highest BCUT2D eigenvalue weighted by Crippen LogP contribution is 2.26. The first-order valence-electron chi connectivity index (χ1n) is 10.9. The molecule has 1 aromatic heterocycles. The van der Waals surface area contributed by atoms with Crippen molar-refractivity contribution in [2.45, 2.75) is 25.3 Å². The van der Waals surface area contributed by atoms with E-state index in [9.17, 15) is 9.59 Å². The predicted molar refractivity (Wildman–Crippen MR) is 125 cm³/mol. The molecule has 1 aliphatic rings. The Labute approximate surface area is 185 Å². The van der Waals surface area contributed by atoms with Gasteiger partial charge in [-0.15, -0.1) is 0 Å². The first kappa shape index (κ1) is 20.2. The third-order valence-electron chi connectivity index (χ3n) is 6.41. The summed E-state index contributed by atoms with van der Waals surface area (Å²) in [5, 5.41) is 13.5. The molecule has 4 aromatic rings. The normalized spacial score (nSPS) is 15.2. The summed E-state index contributed by atoms with van der Waals surface area (Å²) >= 11 is 0. The first-order chi connectivity index (χ1) is 15.6. The summed E-state index contributed by atoms with van der Waals surface area (Å²) < 4.78 is 5.64. The minimum atomic E-state index is -0.456. The number of nitrogens with one attached hydrogen (secondary N) is 1. The Kier molecular flexibility index (Phi) is 5.34. The quantitative estimate of drug-likeness (QED) is 0.474. The number of hydrogen-bond acceptors (Lipinski definition) is 6. The van der Waals surface area contributed by atoms with Crippen LogP contribution in [0.3, 0.4) is 0 Å². The number of para-hydroxylation sites is 1. The lowest BCUT2D eigenvalue weighted by Gasteiger charge is -2.33. The smallest absolute Gasteiger partial charge is 0.250 e. The van der Waals surface area contributed by atoms with Crippen LogP contribution in [-0.2, 0) is 6.42 Å². The van der Waals surface area contributed by atoms with E-state index in [0.29, 0.717) is 22.4 Å². The monoisotopic (exact) mass is 425 g/mol. The van der Waals surface area contributed by atoms with Gasteiger partial charge in [0.15, 0.2) is 0 Å². The van der Waals surface area contributed by atoms with Crippen molar-refractivity contribution in [2.24, 2.45) is 0 Å². The SMILES string of the molecule is N#Cc1ccc(-c2c(NC3CCN(CCc4coc5ccccc45)CC3)c(=O)c2=O)cc1. The Morgan fingerprint density at radius 3 is 2.53 bits per heavy atom. The number of fused-ring (bicyclic) bond motifs is 1. The van der Waals surface area contributed by atoms with Gasteiger partial charge in [-0.1, -0.05) is 30.3 Å². The summed E-state index contributed by atoms with van der Waals surface area (Å²) in [6, 6.07) is 17.1. The molecule has 5 rings (SSSR count). The molecule has 0 spiro atoms. The number of rotatable bonds is 6. The Morgan fingerprint density at radius 2 is 1.78 bits per heavy atom. The van der Waals surface area contributed by atoms with Gasteiger partial charge in [-0.3, -0.25) is 9.59 Å². The molecule has 3 aromatic carbocycles. The maximum Gasteiger partial charge on any atom is 0.250 e. The van der Waals surface area contributed by atoms with Crippen LogP contribution in [0.4, 0.5) is 5.69 Å². The molecule has 1 aliphatic heterocycles. The fourth-order valence-electron chi connectivity index (χ4n) is 4.53. The van der Waals surface area contributed by atoms with Crippen LogP contribution in [0.5, 0.6) is 0 Å². The van der Waals surface area contributed by atoms with E-state index in [1.807, 2.05) is 24.5 Å². The van der Waals surface area contributed by atoms with Gasteiger partial charge in [0.1, 0.15) is 5.58 Å². The molecule has 0 saturated carbocycles. The van der Waals surface area contributed by atoms with Crippen molar-refractivity contribution in [3.8, 4) is 17.2 Å². The molecule has 0 unspecified atom stereocenters. The standard InChI is InChI=1S/C26H23N3O3/c27-15-17-5-7-18(8-6-17)23-24(26(31)25(23)30)28-20-10-13-29(14-11-20)12-9-19-16-32-22-4-2-1-3-21(19)22/h1-8,16,20,28H,9-14H2. The van der Waals surface area contributed by atoms with Crippen LogP contribution in [0.15, 0.2) is 68.8 Å². The maximum absolute atomic E-state index is 12.2. The van der Waals surface area contributed by atoms with Gasteiger partial charge in [0.25, 0.3) is 0 Å². The molecule has 32 heavy (non-hydrogen) atoms. The highest BCUT2D eigenvalue weighted by molar-refractivity contribution is 5.82. The van der Waals surface area contributed by atoms with E-state index in [2.05, 4.69) is 22.4 Å². The van der Waals surface area contributed by atoms with Crippen LogP contribution >= 0.6 is 0 Å². The van der Waals surface area contributed by atoms with Gasteiger partial charge in [-0.25, -0.2) is 0 Å². The van der Waals surface area contributed by atoms with Crippen LogP contribution in [0.25, 0.3) is 22.1 Å². The fourth-order valence-corrected chi connectivity index (χ4v) is 4.53. The molecule has 0 aliphatic carbocycles. The Balaban J connectivity index is 1.19. The summed E-state index contributed by atoms with van der Waals surface area (Å²) in [5.41, 5.74) is 3.32. The second-order valence-corrected chi connectivity index (χ2v) is 8.36. The van der Waals surface area contributed by atoms with E-state index in [0.717, 1.165) is 44.5 Å². The van der Waals surface area contributed by atoms with Gasteiger partial charge in [-0.05, 0) is 48.6 Å². The molecular weight excluding hydrogens is 402 g/mol. The Bertz CT molecular complexity index is 1360. The maximum atomic E-state index is 12.2. The van der Waals surface area contributed by atoms with Gasteiger partial charge in [0, 0.05) is 31.1 Å². The van der Waals surface area contributed by atoms with Gasteiger partial charge in [-0.2, -0.15) is 5.26 Å². The highest BCUT2D eigenvalue weighted by atomic mass is 16.3. The summed E-state index contributed by atoms with van der Waals surface area (Å²) in [4.78, 5) is 26.8. The molecular formula is C26H23N3O3. The molecule has 2 heterocycles. The lowest BCUT2D eigenvalue weighted by atomic mass is 9.96. The predicted octanol–water partition coefficient (Wildman–Crippen LogP) is 3.69. The van der Waals surface area contributed by atoms with E-state index in [1.165, 1.54) is 10.9 Å². The third-order valence-corrected chi connectivity index (χ3v) is 6.41. The third kappa shape index (κ3) is 3.72. The van der Waals surface area contributed by atoms with Crippen molar-refractivity contribution in [3.63, 3.8) is 0 Å². The molecule has 160 valence electrons. The zero-order valence-electron chi connectivity index (χ0n) is 17.6. The topological polar surface area (TPSA) is 86.3 Å². The average Bonchev–Trinajstić information content (AvgIpc) is 3.26. The van der Waals surface area contributed by atoms with Crippen molar-refractivity contribution in [3.05, 3.63) is 86.4 Å². The van der Waals surface area contributed by atoms with Gasteiger partial charge >= 0.3 is 0 Å². The number of likely N-dealkylation sites (tertiary alicyclic amines) is 1. The van der Waals surface area contributed by atoms with Gasteiger partial charge in [0.2, 0.25) is 10.9 Å². The molecule has 0 radical (unpaired) electrons. The van der Waals surface area contributed by atoms with Gasteiger partial charge in [0.05, 0.1) is 29.1 Å². The second-order valence-electron chi connectivity index (χ2n) is 8.36. The first-order valence-corrected chi connectivity index (χ1v) is 10.9. The van der Waals surface area contributed by atoms with Crippen LogP contribution in [-0.4, -0.2) is 30.6 Å². The van der Waals surface area contributed by atoms with Crippen molar-refractivity contribution in [2.75, 3.05) is 25.0 Å². The Hall–Kier alpha value is -3.69. The number of anilines is 1. The van der Waals surface area contributed by atoms with Crippen LogP contribution in [0.2, 0.25) is 0 Å². The number of nitriles is 1. The number of benzene rings is 2. The zero-order valence-corrected chi connectivity index (χ0v) is 17.6. The van der Waals surface area contributed by atoms with Crippen LogP contribution < -0.4 is 16.2 Å². The number of nitrogens with zero attached hydrogens (tertiary/aromatic N) is 2. The molecule has 0 amide bonds. The van der Waals surface area contributed by atoms with Crippen LogP contribution in [0, 0.1) is 11.3 Å². The summed E-state index contributed by atoms with van der Waals surface area (Å²) in [6.07, 6.45) is 4.63. The van der Waals surface area contributed by atoms with Crippen molar-refractivity contribution < 1.29 is 4.42 Å². The average molecular weight is 425 g/mol. The Morgan fingerprint density at radius 1 is 1.03 bits per heavy atom. The van der Waals surface area contributed by atoms with E-state index in [4.69, 9.17) is 9.68 Å². The molecule has 6 nitrogen and oxygen atoms in total. The number of hydrogen-bond donors (Lipinski definition) is 1. The summed E-state index contributed by atoms with van der Waals surface area (Å²) in [5.74, 6) is 0.